The quantitative estimate of drug-likeness (QED) is 0.589. The molecule has 1 heteroatoms. The van der Waals surface area contributed by atoms with E-state index < -0.39 is 0 Å². The molecular weight excluding hydrogens is 266 g/mol. The number of benzene rings is 2. The normalized spacial score (nSPS) is 10.9. The molecule has 3 aromatic rings. The number of pyridine rings is 1. The predicted molar refractivity (Wildman–Crippen MR) is 93.9 cm³/mol. The first-order valence-corrected chi connectivity index (χ1v) is 7.77. The Labute approximate surface area is 132 Å². The van der Waals surface area contributed by atoms with Crippen LogP contribution in [-0.4, -0.2) is 4.98 Å². The summed E-state index contributed by atoms with van der Waals surface area (Å²) in [7, 11) is 0. The number of aryl methyl sites for hydroxylation is 1. The van der Waals surface area contributed by atoms with Crippen LogP contribution in [0.5, 0.6) is 0 Å². The van der Waals surface area contributed by atoms with Crippen molar-refractivity contribution in [2.24, 2.45) is 0 Å². The summed E-state index contributed by atoms with van der Waals surface area (Å²) in [6.45, 7) is 6.59. The van der Waals surface area contributed by atoms with Gasteiger partial charge in [-0.1, -0.05) is 62.4 Å². The molecule has 110 valence electrons. The molecule has 2 aromatic carbocycles. The lowest BCUT2D eigenvalue weighted by atomic mass is 9.96. The molecule has 0 N–H and O–H groups in total. The molecule has 0 spiro atoms. The molecule has 0 amide bonds. The summed E-state index contributed by atoms with van der Waals surface area (Å²) in [4.78, 5) is 4.63. The van der Waals surface area contributed by atoms with E-state index in [0.717, 1.165) is 5.69 Å². The highest BCUT2D eigenvalue weighted by atomic mass is 14.7. The van der Waals surface area contributed by atoms with Gasteiger partial charge in [0.1, 0.15) is 0 Å². The van der Waals surface area contributed by atoms with Crippen LogP contribution >= 0.6 is 0 Å². The second-order valence-electron chi connectivity index (χ2n) is 6.03. The predicted octanol–water partition coefficient (Wildman–Crippen LogP) is 5.85. The van der Waals surface area contributed by atoms with Crippen molar-refractivity contribution in [2.75, 3.05) is 0 Å². The van der Waals surface area contributed by atoms with Gasteiger partial charge in [-0.2, -0.15) is 0 Å². The minimum Gasteiger partial charge on any atom is -0.256 e. The largest absolute Gasteiger partial charge is 0.256 e. The number of hydrogen-bond acceptors (Lipinski definition) is 1. The fourth-order valence-electron chi connectivity index (χ4n) is 2.81. The molecule has 0 aliphatic rings. The van der Waals surface area contributed by atoms with Crippen molar-refractivity contribution in [2.45, 2.75) is 26.7 Å². The minimum atomic E-state index is 0.513. The summed E-state index contributed by atoms with van der Waals surface area (Å²) in [6, 6.07) is 21.3. The highest BCUT2D eigenvalue weighted by Crippen LogP contribution is 2.28. The molecule has 0 fully saturated rings. The van der Waals surface area contributed by atoms with Gasteiger partial charge >= 0.3 is 0 Å². The molecule has 0 aliphatic carbocycles. The molecule has 0 bridgehead atoms. The number of hydrogen-bond donors (Lipinski definition) is 0. The van der Waals surface area contributed by atoms with Crippen LogP contribution in [0, 0.1) is 6.92 Å². The van der Waals surface area contributed by atoms with Gasteiger partial charge in [0.05, 0.1) is 5.69 Å². The van der Waals surface area contributed by atoms with Gasteiger partial charge in [-0.25, -0.2) is 0 Å². The fraction of sp³-hybridized carbons (Fsp3) is 0.190. The first-order chi connectivity index (χ1) is 10.6. The van der Waals surface area contributed by atoms with Crippen molar-refractivity contribution in [3.8, 4) is 22.4 Å². The molecular formula is C21H21N. The number of aromatic nitrogens is 1. The van der Waals surface area contributed by atoms with Crippen LogP contribution in [0.2, 0.25) is 0 Å². The molecule has 1 nitrogen and oxygen atoms in total. The smallest absolute Gasteiger partial charge is 0.0705 e. The average Bonchev–Trinajstić information content (AvgIpc) is 2.56. The van der Waals surface area contributed by atoms with Crippen molar-refractivity contribution in [1.82, 2.24) is 4.98 Å². The first kappa shape index (κ1) is 14.5. The Morgan fingerprint density at radius 2 is 1.45 bits per heavy atom. The van der Waals surface area contributed by atoms with Crippen LogP contribution in [0.25, 0.3) is 22.4 Å². The summed E-state index contributed by atoms with van der Waals surface area (Å²) in [5.41, 5.74) is 7.32. The second kappa shape index (κ2) is 6.15. The third-order valence-electron chi connectivity index (χ3n) is 4.03. The second-order valence-corrected chi connectivity index (χ2v) is 6.03. The van der Waals surface area contributed by atoms with Crippen LogP contribution in [0.1, 0.15) is 30.9 Å². The van der Waals surface area contributed by atoms with Crippen molar-refractivity contribution in [3.63, 3.8) is 0 Å². The van der Waals surface area contributed by atoms with E-state index >= 15 is 0 Å². The standard InChI is InChI=1S/C21H21N/c1-15(2)20-13-21(22-14-16(20)3)19-11-7-10-18(12-19)17-8-5-4-6-9-17/h4-15H,1-3H3. The summed E-state index contributed by atoms with van der Waals surface area (Å²) in [5.74, 6) is 0.513. The van der Waals surface area contributed by atoms with E-state index in [1.165, 1.54) is 27.8 Å². The molecule has 1 heterocycles. The Bertz CT molecular complexity index is 773. The molecule has 0 saturated heterocycles. The molecule has 0 atom stereocenters. The van der Waals surface area contributed by atoms with Crippen LogP contribution < -0.4 is 0 Å². The third kappa shape index (κ3) is 2.94. The molecule has 22 heavy (non-hydrogen) atoms. The van der Waals surface area contributed by atoms with Crippen molar-refractivity contribution in [1.29, 1.82) is 0 Å². The zero-order valence-electron chi connectivity index (χ0n) is 13.4. The fourth-order valence-corrected chi connectivity index (χ4v) is 2.81. The maximum Gasteiger partial charge on any atom is 0.0705 e. The Kier molecular flexibility index (Phi) is 4.06. The van der Waals surface area contributed by atoms with E-state index in [1.807, 2.05) is 12.3 Å². The van der Waals surface area contributed by atoms with Gasteiger partial charge in [-0.3, -0.25) is 4.98 Å². The van der Waals surface area contributed by atoms with Crippen LogP contribution in [0.3, 0.4) is 0 Å². The van der Waals surface area contributed by atoms with Crippen LogP contribution in [0.4, 0.5) is 0 Å². The Morgan fingerprint density at radius 1 is 0.773 bits per heavy atom. The minimum absolute atomic E-state index is 0.513. The lowest BCUT2D eigenvalue weighted by Crippen LogP contribution is -1.95. The van der Waals surface area contributed by atoms with Crippen molar-refractivity contribution in [3.05, 3.63) is 78.0 Å². The number of nitrogens with zero attached hydrogens (tertiary/aromatic N) is 1. The summed E-state index contributed by atoms with van der Waals surface area (Å²) >= 11 is 0. The van der Waals surface area contributed by atoms with Crippen molar-refractivity contribution < 1.29 is 0 Å². The molecule has 0 radical (unpaired) electrons. The lowest BCUT2D eigenvalue weighted by Gasteiger charge is -2.12. The van der Waals surface area contributed by atoms with Gasteiger partial charge in [0.25, 0.3) is 0 Å². The van der Waals surface area contributed by atoms with E-state index in [1.54, 1.807) is 0 Å². The average molecular weight is 287 g/mol. The molecule has 0 aliphatic heterocycles. The van der Waals surface area contributed by atoms with Gasteiger partial charge in [-0.15, -0.1) is 0 Å². The van der Waals surface area contributed by atoms with Gasteiger partial charge in [-0.05, 0) is 47.2 Å². The van der Waals surface area contributed by atoms with Gasteiger partial charge in [0.2, 0.25) is 0 Å². The van der Waals surface area contributed by atoms with E-state index in [2.05, 4.69) is 80.4 Å². The summed E-state index contributed by atoms with van der Waals surface area (Å²) in [6.07, 6.45) is 1.99. The molecule has 3 rings (SSSR count). The summed E-state index contributed by atoms with van der Waals surface area (Å²) in [5, 5.41) is 0. The molecule has 0 unspecified atom stereocenters. The van der Waals surface area contributed by atoms with Crippen LogP contribution in [-0.2, 0) is 0 Å². The zero-order valence-corrected chi connectivity index (χ0v) is 13.4. The Hall–Kier alpha value is -2.41. The Morgan fingerprint density at radius 3 is 2.18 bits per heavy atom. The van der Waals surface area contributed by atoms with Crippen LogP contribution in [0.15, 0.2) is 66.9 Å². The monoisotopic (exact) mass is 287 g/mol. The lowest BCUT2D eigenvalue weighted by molar-refractivity contribution is 0.852. The topological polar surface area (TPSA) is 12.9 Å². The number of rotatable bonds is 3. The maximum atomic E-state index is 4.63. The summed E-state index contributed by atoms with van der Waals surface area (Å²) < 4.78 is 0. The first-order valence-electron chi connectivity index (χ1n) is 7.77. The highest BCUT2D eigenvalue weighted by molar-refractivity contribution is 5.71. The Balaban J connectivity index is 2.05. The molecule has 1 aromatic heterocycles. The van der Waals surface area contributed by atoms with Gasteiger partial charge in [0, 0.05) is 11.8 Å². The molecule has 0 saturated carbocycles. The SMILES string of the molecule is Cc1cnc(-c2cccc(-c3ccccc3)c2)cc1C(C)C. The zero-order chi connectivity index (χ0) is 15.5. The van der Waals surface area contributed by atoms with E-state index in [0.29, 0.717) is 5.92 Å². The van der Waals surface area contributed by atoms with E-state index in [-0.39, 0.29) is 0 Å². The third-order valence-corrected chi connectivity index (χ3v) is 4.03. The maximum absolute atomic E-state index is 4.63. The van der Waals surface area contributed by atoms with E-state index in [4.69, 9.17) is 0 Å². The highest BCUT2D eigenvalue weighted by Gasteiger charge is 2.08. The van der Waals surface area contributed by atoms with Crippen molar-refractivity contribution >= 4 is 0 Å². The van der Waals surface area contributed by atoms with Gasteiger partial charge in [0.15, 0.2) is 0 Å². The van der Waals surface area contributed by atoms with Gasteiger partial charge < -0.3 is 0 Å². The van der Waals surface area contributed by atoms with E-state index in [9.17, 15) is 0 Å².